The van der Waals surface area contributed by atoms with E-state index in [2.05, 4.69) is 42.0 Å². The predicted molar refractivity (Wildman–Crippen MR) is 88.3 cm³/mol. The van der Waals surface area contributed by atoms with Gasteiger partial charge >= 0.3 is 0 Å². The molecule has 1 aromatic rings. The van der Waals surface area contributed by atoms with Crippen molar-refractivity contribution in [2.45, 2.75) is 58.6 Å². The average molecular weight is 340 g/mol. The van der Waals surface area contributed by atoms with Crippen LogP contribution in [-0.4, -0.2) is 18.7 Å². The fourth-order valence-electron chi connectivity index (χ4n) is 3.39. The van der Waals surface area contributed by atoms with Crippen molar-refractivity contribution in [3.63, 3.8) is 0 Å². The van der Waals surface area contributed by atoms with Crippen molar-refractivity contribution in [2.24, 2.45) is 5.41 Å². The van der Waals surface area contributed by atoms with E-state index in [0.29, 0.717) is 17.6 Å². The summed E-state index contributed by atoms with van der Waals surface area (Å²) in [6, 6.07) is 8.79. The number of hydrogen-bond donors (Lipinski definition) is 1. The summed E-state index contributed by atoms with van der Waals surface area (Å²) in [4.78, 5) is 0. The largest absolute Gasteiger partial charge is 0.490 e. The monoisotopic (exact) mass is 339 g/mol. The molecular weight excluding hydrogens is 314 g/mol. The average Bonchev–Trinajstić information content (AvgIpc) is 2.45. The van der Waals surface area contributed by atoms with E-state index in [1.54, 1.807) is 0 Å². The summed E-state index contributed by atoms with van der Waals surface area (Å²) in [6.45, 7) is 7.92. The number of hydrogen-bond acceptors (Lipinski definition) is 2. The standard InChI is InChI=1S/C17H26BrNO/c1-4-11-19-15-12-16(17(15,5-2)6-3)20-14-9-7-13(18)8-10-14/h7-10,15-16,19H,4-6,11-12H2,1-3H3. The molecule has 1 saturated carbocycles. The summed E-state index contributed by atoms with van der Waals surface area (Å²) in [5.41, 5.74) is 0.294. The smallest absolute Gasteiger partial charge is 0.119 e. The molecule has 2 nitrogen and oxygen atoms in total. The summed E-state index contributed by atoms with van der Waals surface area (Å²) in [6.07, 6.45) is 5.00. The van der Waals surface area contributed by atoms with Crippen LogP contribution in [0.3, 0.4) is 0 Å². The maximum absolute atomic E-state index is 6.25. The highest BCUT2D eigenvalue weighted by molar-refractivity contribution is 9.10. The number of benzene rings is 1. The van der Waals surface area contributed by atoms with Crippen LogP contribution in [0.25, 0.3) is 0 Å². The molecule has 0 bridgehead atoms. The zero-order valence-corrected chi connectivity index (χ0v) is 14.4. The Morgan fingerprint density at radius 1 is 1.20 bits per heavy atom. The molecule has 0 radical (unpaired) electrons. The van der Waals surface area contributed by atoms with Gasteiger partial charge in [-0.15, -0.1) is 0 Å². The lowest BCUT2D eigenvalue weighted by Gasteiger charge is -2.55. The normalized spacial score (nSPS) is 24.2. The molecule has 2 rings (SSSR count). The van der Waals surface area contributed by atoms with Crippen LogP contribution in [0.5, 0.6) is 5.75 Å². The molecule has 1 aliphatic rings. The zero-order chi connectivity index (χ0) is 14.6. The van der Waals surface area contributed by atoms with Crippen LogP contribution in [0.1, 0.15) is 46.5 Å². The number of nitrogens with one attached hydrogen (secondary N) is 1. The summed E-state index contributed by atoms with van der Waals surface area (Å²) in [5, 5.41) is 3.70. The van der Waals surface area contributed by atoms with Crippen LogP contribution in [0.2, 0.25) is 0 Å². The van der Waals surface area contributed by atoms with Crippen molar-refractivity contribution in [1.29, 1.82) is 0 Å². The first-order valence-electron chi connectivity index (χ1n) is 7.81. The lowest BCUT2D eigenvalue weighted by atomic mass is 9.58. The number of halogens is 1. The Morgan fingerprint density at radius 2 is 1.85 bits per heavy atom. The Bertz CT molecular complexity index is 414. The van der Waals surface area contributed by atoms with Crippen LogP contribution in [0, 0.1) is 5.41 Å². The van der Waals surface area contributed by atoms with Crippen LogP contribution >= 0.6 is 15.9 Å². The fourth-order valence-corrected chi connectivity index (χ4v) is 3.66. The molecule has 0 amide bonds. The van der Waals surface area contributed by atoms with Crippen LogP contribution in [0.4, 0.5) is 0 Å². The molecule has 0 aromatic heterocycles. The third-order valence-corrected chi connectivity index (χ3v) is 5.36. The van der Waals surface area contributed by atoms with Crippen molar-refractivity contribution in [3.05, 3.63) is 28.7 Å². The molecule has 2 unspecified atom stereocenters. The maximum Gasteiger partial charge on any atom is 0.119 e. The minimum absolute atomic E-state index is 0.294. The van der Waals surface area contributed by atoms with E-state index in [1.165, 1.54) is 19.3 Å². The highest BCUT2D eigenvalue weighted by atomic mass is 79.9. The Labute approximate surface area is 131 Å². The third-order valence-electron chi connectivity index (χ3n) is 4.83. The summed E-state index contributed by atoms with van der Waals surface area (Å²) >= 11 is 3.46. The van der Waals surface area contributed by atoms with Crippen molar-refractivity contribution in [2.75, 3.05) is 6.54 Å². The van der Waals surface area contributed by atoms with E-state index in [1.807, 2.05) is 24.3 Å². The highest BCUT2D eigenvalue weighted by Gasteiger charge is 2.53. The van der Waals surface area contributed by atoms with Gasteiger partial charge in [0.2, 0.25) is 0 Å². The Kier molecular flexibility index (Phi) is 5.50. The Balaban J connectivity index is 2.03. The first kappa shape index (κ1) is 15.8. The van der Waals surface area contributed by atoms with E-state index in [9.17, 15) is 0 Å². The Hall–Kier alpha value is -0.540. The molecule has 3 heteroatoms. The minimum atomic E-state index is 0.294. The van der Waals surface area contributed by atoms with Gasteiger partial charge in [-0.1, -0.05) is 36.7 Å². The lowest BCUT2D eigenvalue weighted by molar-refractivity contribution is -0.0858. The SMILES string of the molecule is CCCNC1CC(Oc2ccc(Br)cc2)C1(CC)CC. The molecular formula is C17H26BrNO. The second kappa shape index (κ2) is 6.95. The van der Waals surface area contributed by atoms with Gasteiger partial charge in [-0.3, -0.25) is 0 Å². The summed E-state index contributed by atoms with van der Waals surface area (Å²) < 4.78 is 7.35. The topological polar surface area (TPSA) is 21.3 Å². The van der Waals surface area contributed by atoms with E-state index in [4.69, 9.17) is 4.74 Å². The maximum atomic E-state index is 6.25. The molecule has 112 valence electrons. The first-order valence-corrected chi connectivity index (χ1v) is 8.61. The van der Waals surface area contributed by atoms with Gasteiger partial charge in [-0.25, -0.2) is 0 Å². The van der Waals surface area contributed by atoms with E-state index >= 15 is 0 Å². The van der Waals surface area contributed by atoms with Gasteiger partial charge in [0.1, 0.15) is 11.9 Å². The van der Waals surface area contributed by atoms with E-state index < -0.39 is 0 Å². The van der Waals surface area contributed by atoms with Crippen molar-refractivity contribution in [1.82, 2.24) is 5.32 Å². The van der Waals surface area contributed by atoms with Gasteiger partial charge in [-0.05, 0) is 50.1 Å². The quantitative estimate of drug-likeness (QED) is 0.772. The third kappa shape index (κ3) is 3.04. The molecule has 20 heavy (non-hydrogen) atoms. The fraction of sp³-hybridized carbons (Fsp3) is 0.647. The van der Waals surface area contributed by atoms with Gasteiger partial charge < -0.3 is 10.1 Å². The second-order valence-corrected chi connectivity index (χ2v) is 6.66. The number of ether oxygens (including phenoxy) is 1. The van der Waals surface area contributed by atoms with Crippen LogP contribution in [-0.2, 0) is 0 Å². The summed E-state index contributed by atoms with van der Waals surface area (Å²) in [5.74, 6) is 0.985. The lowest BCUT2D eigenvalue weighted by Crippen LogP contribution is -2.64. The number of rotatable bonds is 7. The molecule has 2 atom stereocenters. The first-order chi connectivity index (χ1) is 9.66. The van der Waals surface area contributed by atoms with Gasteiger partial charge in [-0.2, -0.15) is 0 Å². The summed E-state index contributed by atoms with van der Waals surface area (Å²) in [7, 11) is 0. The molecule has 1 N–H and O–H groups in total. The van der Waals surface area contributed by atoms with Crippen LogP contribution < -0.4 is 10.1 Å². The molecule has 1 aromatic carbocycles. The van der Waals surface area contributed by atoms with E-state index in [-0.39, 0.29) is 0 Å². The van der Waals surface area contributed by atoms with E-state index in [0.717, 1.165) is 23.2 Å². The zero-order valence-electron chi connectivity index (χ0n) is 12.8. The molecule has 0 aliphatic heterocycles. The van der Waals surface area contributed by atoms with Crippen LogP contribution in [0.15, 0.2) is 28.7 Å². The van der Waals surface area contributed by atoms with Gasteiger partial charge in [0.15, 0.2) is 0 Å². The highest BCUT2D eigenvalue weighted by Crippen LogP contribution is 2.49. The molecule has 0 heterocycles. The van der Waals surface area contributed by atoms with Gasteiger partial charge in [0.25, 0.3) is 0 Å². The minimum Gasteiger partial charge on any atom is -0.490 e. The second-order valence-electron chi connectivity index (χ2n) is 5.74. The molecule has 1 aliphatic carbocycles. The molecule has 1 fully saturated rings. The van der Waals surface area contributed by atoms with Gasteiger partial charge in [0, 0.05) is 22.4 Å². The van der Waals surface area contributed by atoms with Crippen molar-refractivity contribution >= 4 is 15.9 Å². The Morgan fingerprint density at radius 3 is 2.40 bits per heavy atom. The predicted octanol–water partition coefficient (Wildman–Crippen LogP) is 4.77. The molecule has 0 spiro atoms. The molecule has 0 saturated heterocycles. The van der Waals surface area contributed by atoms with Gasteiger partial charge in [0.05, 0.1) is 0 Å². The van der Waals surface area contributed by atoms with Crippen molar-refractivity contribution < 1.29 is 4.74 Å². The van der Waals surface area contributed by atoms with Crippen molar-refractivity contribution in [3.8, 4) is 5.75 Å².